The minimum absolute atomic E-state index is 0.0113. The molecule has 12 heavy (non-hydrogen) atoms. The van der Waals surface area contributed by atoms with Gasteiger partial charge in [0.1, 0.15) is 3.78 Å². The Hall–Kier alpha value is 0.770. The van der Waals surface area contributed by atoms with Crippen molar-refractivity contribution in [1.82, 2.24) is 0 Å². The van der Waals surface area contributed by atoms with Crippen LogP contribution in [-0.2, 0) is 0 Å². The highest BCUT2D eigenvalue weighted by atomic mass is 79.9. The third kappa shape index (κ3) is 0.760. The molecule has 3 saturated carbocycles. The summed E-state index contributed by atoms with van der Waals surface area (Å²) in [5.74, 6) is 0. The van der Waals surface area contributed by atoms with Gasteiger partial charge in [-0.15, -0.1) is 11.6 Å². The highest BCUT2D eigenvalue weighted by Gasteiger charge is 2.85. The lowest BCUT2D eigenvalue weighted by Crippen LogP contribution is -2.12. The highest BCUT2D eigenvalue weighted by Crippen LogP contribution is 2.90. The fourth-order valence-electron chi connectivity index (χ4n) is 3.52. The maximum absolute atomic E-state index is 6.33. The Kier molecular flexibility index (Phi) is 1.39. The summed E-state index contributed by atoms with van der Waals surface area (Å²) in [6, 6.07) is 0. The summed E-state index contributed by atoms with van der Waals surface area (Å²) in [5.41, 5.74) is 1.23. The molecule has 2 spiro atoms. The smallest absolute Gasteiger partial charge is 0.106 e. The van der Waals surface area contributed by atoms with Gasteiger partial charge in [-0.2, -0.15) is 0 Å². The molecule has 68 valence electrons. The van der Waals surface area contributed by atoms with E-state index in [9.17, 15) is 0 Å². The van der Waals surface area contributed by atoms with Gasteiger partial charge in [-0.25, -0.2) is 0 Å². The molecule has 0 aromatic heterocycles. The summed E-state index contributed by atoms with van der Waals surface area (Å²) in [6.45, 7) is 0. The summed E-state index contributed by atoms with van der Waals surface area (Å²) in [5, 5.41) is 0. The SMILES string of the molecule is ClC1(Br)CC12CC21CCCCC1. The molecule has 0 aliphatic heterocycles. The van der Waals surface area contributed by atoms with Crippen LogP contribution in [0.4, 0.5) is 0 Å². The highest BCUT2D eigenvalue weighted by molar-refractivity contribution is 9.10. The molecule has 0 radical (unpaired) electrons. The van der Waals surface area contributed by atoms with Gasteiger partial charge < -0.3 is 0 Å². The first kappa shape index (κ1) is 8.11. The van der Waals surface area contributed by atoms with E-state index in [0.29, 0.717) is 10.8 Å². The molecule has 0 heterocycles. The summed E-state index contributed by atoms with van der Waals surface area (Å²) in [7, 11) is 0. The van der Waals surface area contributed by atoms with Crippen molar-refractivity contribution in [2.45, 2.75) is 48.7 Å². The number of halogens is 2. The topological polar surface area (TPSA) is 0 Å². The van der Waals surface area contributed by atoms with E-state index in [1.165, 1.54) is 44.9 Å². The van der Waals surface area contributed by atoms with E-state index in [0.717, 1.165) is 0 Å². The summed E-state index contributed by atoms with van der Waals surface area (Å²) < 4.78 is 0.0113. The Labute approximate surface area is 87.2 Å². The van der Waals surface area contributed by atoms with Crippen molar-refractivity contribution < 1.29 is 0 Å². The Morgan fingerprint density at radius 3 is 2.00 bits per heavy atom. The van der Waals surface area contributed by atoms with Crippen LogP contribution in [0.3, 0.4) is 0 Å². The Morgan fingerprint density at radius 2 is 1.58 bits per heavy atom. The van der Waals surface area contributed by atoms with E-state index in [4.69, 9.17) is 11.6 Å². The van der Waals surface area contributed by atoms with E-state index in [-0.39, 0.29) is 3.78 Å². The molecule has 3 fully saturated rings. The normalized spacial score (nSPS) is 54.5. The van der Waals surface area contributed by atoms with E-state index in [1.807, 2.05) is 0 Å². The summed E-state index contributed by atoms with van der Waals surface area (Å²) in [6.07, 6.45) is 9.88. The van der Waals surface area contributed by atoms with E-state index < -0.39 is 0 Å². The molecular weight excluding hydrogens is 235 g/mol. The van der Waals surface area contributed by atoms with Crippen molar-refractivity contribution in [2.75, 3.05) is 0 Å². The number of hydrogen-bond donors (Lipinski definition) is 0. The lowest BCUT2D eigenvalue weighted by Gasteiger charge is -2.22. The lowest BCUT2D eigenvalue weighted by atomic mass is 9.84. The Bertz CT molecular complexity index is 230. The predicted octanol–water partition coefficient (Wildman–Crippen LogP) is 4.06. The molecular formula is C10H14BrCl. The molecule has 0 aromatic carbocycles. The fraction of sp³-hybridized carbons (Fsp3) is 1.00. The standard InChI is InChI=1S/C10H14BrCl/c11-10(12)7-9(10)6-8(9)4-2-1-3-5-8/h1-7H2. The van der Waals surface area contributed by atoms with Gasteiger partial charge in [0, 0.05) is 5.41 Å². The quantitative estimate of drug-likeness (QED) is 0.568. The molecule has 2 unspecified atom stereocenters. The van der Waals surface area contributed by atoms with Gasteiger partial charge in [0.25, 0.3) is 0 Å². The average molecular weight is 250 g/mol. The maximum atomic E-state index is 6.33. The second-order valence-corrected chi connectivity index (χ2v) is 7.44. The van der Waals surface area contributed by atoms with Crippen LogP contribution in [0.1, 0.15) is 44.9 Å². The molecule has 3 aliphatic rings. The van der Waals surface area contributed by atoms with E-state index in [1.54, 1.807) is 0 Å². The number of hydrogen-bond acceptors (Lipinski definition) is 0. The first-order valence-electron chi connectivity index (χ1n) is 5.00. The molecule has 3 rings (SSSR count). The molecule has 3 aliphatic carbocycles. The van der Waals surface area contributed by atoms with Crippen molar-refractivity contribution in [3.05, 3.63) is 0 Å². The van der Waals surface area contributed by atoms with Crippen molar-refractivity contribution in [1.29, 1.82) is 0 Å². The molecule has 2 atom stereocenters. The van der Waals surface area contributed by atoms with Gasteiger partial charge in [-0.1, -0.05) is 35.2 Å². The first-order chi connectivity index (χ1) is 5.62. The van der Waals surface area contributed by atoms with E-state index in [2.05, 4.69) is 15.9 Å². The van der Waals surface area contributed by atoms with Crippen molar-refractivity contribution >= 4 is 27.5 Å². The third-order valence-corrected chi connectivity index (χ3v) is 5.97. The van der Waals surface area contributed by atoms with Crippen molar-refractivity contribution in [2.24, 2.45) is 10.8 Å². The van der Waals surface area contributed by atoms with Crippen LogP contribution in [-0.4, -0.2) is 3.78 Å². The second-order valence-electron chi connectivity index (χ2n) is 4.98. The van der Waals surface area contributed by atoms with Gasteiger partial charge in [0.2, 0.25) is 0 Å². The van der Waals surface area contributed by atoms with E-state index >= 15 is 0 Å². The van der Waals surface area contributed by atoms with Crippen LogP contribution >= 0.6 is 27.5 Å². The van der Waals surface area contributed by atoms with Crippen LogP contribution in [0.25, 0.3) is 0 Å². The van der Waals surface area contributed by atoms with Gasteiger partial charge >= 0.3 is 0 Å². The number of rotatable bonds is 0. The molecule has 0 bridgehead atoms. The molecule has 0 N–H and O–H groups in total. The Morgan fingerprint density at radius 1 is 1.00 bits per heavy atom. The molecule has 0 saturated heterocycles. The fourth-order valence-corrected chi connectivity index (χ4v) is 5.05. The monoisotopic (exact) mass is 248 g/mol. The zero-order valence-corrected chi connectivity index (χ0v) is 9.55. The largest absolute Gasteiger partial charge is 0.106 e. The second kappa shape index (κ2) is 2.06. The molecule has 0 aromatic rings. The average Bonchev–Trinajstić information content (AvgIpc) is 2.76. The van der Waals surface area contributed by atoms with Gasteiger partial charge in [0.05, 0.1) is 0 Å². The van der Waals surface area contributed by atoms with Crippen LogP contribution in [0.2, 0.25) is 0 Å². The molecule has 2 heteroatoms. The Balaban J connectivity index is 1.81. The van der Waals surface area contributed by atoms with Crippen molar-refractivity contribution in [3.8, 4) is 0 Å². The predicted molar refractivity (Wildman–Crippen MR) is 54.7 cm³/mol. The van der Waals surface area contributed by atoms with Gasteiger partial charge in [-0.3, -0.25) is 0 Å². The molecule has 0 amide bonds. The summed E-state index contributed by atoms with van der Waals surface area (Å²) in [4.78, 5) is 0. The third-order valence-electron chi connectivity index (χ3n) is 4.44. The van der Waals surface area contributed by atoms with Crippen LogP contribution in [0, 0.1) is 10.8 Å². The van der Waals surface area contributed by atoms with Crippen LogP contribution in [0.5, 0.6) is 0 Å². The summed E-state index contributed by atoms with van der Waals surface area (Å²) >= 11 is 9.98. The number of fused-ring (bicyclic) bond motifs is 1. The van der Waals surface area contributed by atoms with Crippen molar-refractivity contribution in [3.63, 3.8) is 0 Å². The van der Waals surface area contributed by atoms with Gasteiger partial charge in [0.15, 0.2) is 0 Å². The van der Waals surface area contributed by atoms with Gasteiger partial charge in [-0.05, 0) is 31.1 Å². The minimum Gasteiger partial charge on any atom is -0.106 e. The maximum Gasteiger partial charge on any atom is 0.106 e. The molecule has 0 nitrogen and oxygen atoms in total. The minimum atomic E-state index is 0.0113. The zero-order chi connectivity index (χ0) is 8.45. The zero-order valence-electron chi connectivity index (χ0n) is 7.21. The number of alkyl halides is 2. The first-order valence-corrected chi connectivity index (χ1v) is 6.17. The van der Waals surface area contributed by atoms with Crippen LogP contribution < -0.4 is 0 Å². The lowest BCUT2D eigenvalue weighted by molar-refractivity contribution is 0.300. The van der Waals surface area contributed by atoms with Crippen LogP contribution in [0.15, 0.2) is 0 Å².